The standard InChI is InChI=1S/C19H22N2O4SeSi/c1-24-16(22)19(17(23)25-2)15(27(3,4)5)14(18(19,11-20)12-21)26-13-9-7-6-8-10-13/h6-10,14-15H,1-5H3/t14-,15-/m1/s1. The number of ether oxygens (including phenoxy) is 2. The molecular weight excluding hydrogens is 427 g/mol. The summed E-state index contributed by atoms with van der Waals surface area (Å²) in [6.07, 6.45) is 0. The van der Waals surface area contributed by atoms with Gasteiger partial charge in [-0.15, -0.1) is 0 Å². The molecule has 0 aromatic heterocycles. The van der Waals surface area contributed by atoms with Gasteiger partial charge in [-0.2, -0.15) is 0 Å². The van der Waals surface area contributed by atoms with Crippen LogP contribution in [-0.2, 0) is 19.1 Å². The van der Waals surface area contributed by atoms with Crippen LogP contribution in [0.25, 0.3) is 0 Å². The number of esters is 2. The Morgan fingerprint density at radius 2 is 1.52 bits per heavy atom. The van der Waals surface area contributed by atoms with Crippen LogP contribution in [0.15, 0.2) is 30.3 Å². The molecule has 0 N–H and O–H groups in total. The van der Waals surface area contributed by atoms with Gasteiger partial charge in [0.25, 0.3) is 0 Å². The molecule has 1 aliphatic rings. The van der Waals surface area contributed by atoms with Gasteiger partial charge in [0.15, 0.2) is 0 Å². The minimum absolute atomic E-state index is 0.275. The molecule has 0 radical (unpaired) electrons. The van der Waals surface area contributed by atoms with Gasteiger partial charge < -0.3 is 0 Å². The van der Waals surface area contributed by atoms with Crippen LogP contribution < -0.4 is 4.46 Å². The zero-order valence-corrected chi connectivity index (χ0v) is 18.7. The summed E-state index contributed by atoms with van der Waals surface area (Å²) in [7, 11) is 0.146. The normalized spacial score (nSPS) is 22.5. The number of hydrogen-bond acceptors (Lipinski definition) is 6. The molecule has 1 aliphatic carbocycles. The Bertz CT molecular complexity index is 793. The van der Waals surface area contributed by atoms with Crippen molar-refractivity contribution in [3.8, 4) is 12.1 Å². The molecule has 27 heavy (non-hydrogen) atoms. The van der Waals surface area contributed by atoms with Gasteiger partial charge in [0, 0.05) is 0 Å². The Balaban J connectivity index is 2.74. The molecule has 1 aromatic rings. The average molecular weight is 449 g/mol. The van der Waals surface area contributed by atoms with Gasteiger partial charge in [-0.25, -0.2) is 0 Å². The van der Waals surface area contributed by atoms with Crippen LogP contribution in [-0.4, -0.2) is 49.2 Å². The molecule has 0 heterocycles. The molecule has 0 amide bonds. The molecule has 0 bridgehead atoms. The zero-order valence-electron chi connectivity index (χ0n) is 16.0. The summed E-state index contributed by atoms with van der Waals surface area (Å²) in [5, 5.41) is 20.1. The minimum atomic E-state index is -2.19. The van der Waals surface area contributed by atoms with Crippen molar-refractivity contribution in [2.75, 3.05) is 14.2 Å². The van der Waals surface area contributed by atoms with E-state index < -0.39 is 41.2 Å². The first kappa shape index (κ1) is 21.2. The third kappa shape index (κ3) is 2.89. The zero-order chi connectivity index (χ0) is 20.5. The summed E-state index contributed by atoms with van der Waals surface area (Å²) in [4.78, 5) is 25.4. The van der Waals surface area contributed by atoms with Crippen LogP contribution in [0, 0.1) is 33.5 Å². The molecule has 1 saturated carbocycles. The molecule has 0 unspecified atom stereocenters. The van der Waals surface area contributed by atoms with Gasteiger partial charge in [0.05, 0.1) is 0 Å². The third-order valence-electron chi connectivity index (χ3n) is 5.12. The summed E-state index contributed by atoms with van der Waals surface area (Å²) in [6, 6.07) is 13.6. The van der Waals surface area contributed by atoms with Crippen molar-refractivity contribution in [1.82, 2.24) is 0 Å². The molecule has 6 nitrogen and oxygen atoms in total. The fraction of sp³-hybridized carbons (Fsp3) is 0.474. The van der Waals surface area contributed by atoms with Crippen molar-refractivity contribution in [3.63, 3.8) is 0 Å². The Morgan fingerprint density at radius 1 is 1.04 bits per heavy atom. The number of hydrogen-bond donors (Lipinski definition) is 0. The molecule has 1 aromatic carbocycles. The van der Waals surface area contributed by atoms with Crippen LogP contribution in [0.3, 0.4) is 0 Å². The van der Waals surface area contributed by atoms with Crippen LogP contribution in [0.2, 0.25) is 30.0 Å². The van der Waals surface area contributed by atoms with E-state index in [1.165, 1.54) is 14.2 Å². The van der Waals surface area contributed by atoms with E-state index in [0.717, 1.165) is 4.46 Å². The molecule has 2 rings (SSSR count). The number of carbonyl (C=O) groups excluding carboxylic acids is 2. The maximum atomic E-state index is 12.9. The van der Waals surface area contributed by atoms with E-state index in [2.05, 4.69) is 0 Å². The Kier molecular flexibility index (Phi) is 5.87. The SMILES string of the molecule is COC(=O)C1(C(=O)OC)[C@H]([Si](C)(C)C)[C@@H]([Se]c2ccccc2)C1(C#N)C#N. The molecule has 0 spiro atoms. The first-order valence-corrected chi connectivity index (χ1v) is 13.8. The van der Waals surface area contributed by atoms with Crippen molar-refractivity contribution < 1.29 is 19.1 Å². The predicted octanol–water partition coefficient (Wildman–Crippen LogP) is 1.89. The van der Waals surface area contributed by atoms with Crippen molar-refractivity contribution in [2.45, 2.75) is 30.0 Å². The molecule has 8 heteroatoms. The van der Waals surface area contributed by atoms with Crippen molar-refractivity contribution >= 4 is 39.4 Å². The molecule has 1 fully saturated rings. The van der Waals surface area contributed by atoms with E-state index in [0.29, 0.717) is 0 Å². The first-order valence-electron chi connectivity index (χ1n) is 8.38. The van der Waals surface area contributed by atoms with Crippen LogP contribution in [0.4, 0.5) is 0 Å². The van der Waals surface area contributed by atoms with E-state index in [1.54, 1.807) is 0 Å². The van der Waals surface area contributed by atoms with Gasteiger partial charge >= 0.3 is 167 Å². The topological polar surface area (TPSA) is 100 Å². The third-order valence-corrected chi connectivity index (χ3v) is 11.3. The molecule has 0 aliphatic heterocycles. The number of nitrogens with zero attached hydrogens (tertiary/aromatic N) is 2. The van der Waals surface area contributed by atoms with Gasteiger partial charge in [0.1, 0.15) is 0 Å². The second-order valence-electron chi connectivity index (χ2n) is 7.52. The van der Waals surface area contributed by atoms with Gasteiger partial charge in [-0.05, 0) is 0 Å². The van der Waals surface area contributed by atoms with Crippen molar-refractivity contribution in [1.29, 1.82) is 10.5 Å². The average Bonchev–Trinajstić information content (AvgIpc) is 2.64. The van der Waals surface area contributed by atoms with E-state index in [9.17, 15) is 20.1 Å². The van der Waals surface area contributed by atoms with E-state index in [-0.39, 0.29) is 15.0 Å². The fourth-order valence-corrected chi connectivity index (χ4v) is 12.9. The summed E-state index contributed by atoms with van der Waals surface area (Å²) in [5.41, 5.74) is -4.16. The van der Waals surface area contributed by atoms with E-state index in [1.807, 2.05) is 62.1 Å². The summed E-state index contributed by atoms with van der Waals surface area (Å²) < 4.78 is 10.9. The van der Waals surface area contributed by atoms with Crippen molar-refractivity contribution in [3.05, 3.63) is 30.3 Å². The molecule has 142 valence electrons. The quantitative estimate of drug-likeness (QED) is 0.387. The van der Waals surface area contributed by atoms with Crippen LogP contribution in [0.5, 0.6) is 0 Å². The number of carbonyl (C=O) groups is 2. The summed E-state index contributed by atoms with van der Waals surface area (Å²) in [5.74, 6) is -1.71. The monoisotopic (exact) mass is 450 g/mol. The second kappa shape index (κ2) is 7.48. The second-order valence-corrected chi connectivity index (χ2v) is 15.4. The maximum absolute atomic E-state index is 12.9. The van der Waals surface area contributed by atoms with Gasteiger partial charge in [-0.1, -0.05) is 0 Å². The molecular formula is C19H22N2O4SeSi. The van der Waals surface area contributed by atoms with Crippen LogP contribution >= 0.6 is 0 Å². The fourth-order valence-electron chi connectivity index (χ4n) is 4.07. The predicted molar refractivity (Wildman–Crippen MR) is 103 cm³/mol. The summed E-state index contributed by atoms with van der Waals surface area (Å²) >= 11 is -0.275. The Morgan fingerprint density at radius 3 is 1.89 bits per heavy atom. The number of benzene rings is 1. The molecule has 2 atom stereocenters. The Labute approximate surface area is 166 Å². The Hall–Kier alpha value is -2.12. The molecule has 0 saturated heterocycles. The van der Waals surface area contributed by atoms with E-state index in [4.69, 9.17) is 9.47 Å². The van der Waals surface area contributed by atoms with Crippen molar-refractivity contribution in [2.24, 2.45) is 10.8 Å². The number of rotatable bonds is 5. The van der Waals surface area contributed by atoms with Gasteiger partial charge in [-0.3, -0.25) is 0 Å². The number of nitriles is 2. The first-order chi connectivity index (χ1) is 12.7. The van der Waals surface area contributed by atoms with E-state index >= 15 is 0 Å². The van der Waals surface area contributed by atoms with Gasteiger partial charge in [0.2, 0.25) is 0 Å². The van der Waals surface area contributed by atoms with Crippen LogP contribution in [0.1, 0.15) is 0 Å². The summed E-state index contributed by atoms with van der Waals surface area (Å²) in [6.45, 7) is 6.10. The number of methoxy groups -OCH3 is 2.